The van der Waals surface area contributed by atoms with Crippen LogP contribution in [0.2, 0.25) is 0 Å². The summed E-state index contributed by atoms with van der Waals surface area (Å²) in [5.41, 5.74) is 0. The molecular weight excluding hydrogens is 186 g/mol. The lowest BCUT2D eigenvalue weighted by Gasteiger charge is -2.19. The Morgan fingerprint density at radius 1 is 1.43 bits per heavy atom. The monoisotopic (exact) mass is 203 g/mol. The van der Waals surface area contributed by atoms with Crippen LogP contribution < -0.4 is 5.32 Å². The van der Waals surface area contributed by atoms with Crippen molar-refractivity contribution in [3.8, 4) is 0 Å². The highest BCUT2D eigenvalue weighted by atomic mass is 16.5. The molecule has 14 heavy (non-hydrogen) atoms. The van der Waals surface area contributed by atoms with Crippen molar-refractivity contribution in [1.29, 1.82) is 0 Å². The van der Waals surface area contributed by atoms with E-state index >= 15 is 0 Å². The van der Waals surface area contributed by atoms with Crippen molar-refractivity contribution in [3.05, 3.63) is 0 Å². The lowest BCUT2D eigenvalue weighted by Crippen LogP contribution is -2.42. The number of methoxy groups -OCH3 is 1. The van der Waals surface area contributed by atoms with Gasteiger partial charge in [0.1, 0.15) is 6.04 Å². The van der Waals surface area contributed by atoms with Crippen LogP contribution in [0.3, 0.4) is 0 Å². The maximum atomic E-state index is 11.2. The molecule has 0 aromatic heterocycles. The Bertz CT molecular complexity index is 203. The van der Waals surface area contributed by atoms with E-state index in [1.807, 2.05) is 13.8 Å². The molecule has 1 unspecified atom stereocenters. The Morgan fingerprint density at radius 2 is 2.00 bits per heavy atom. The predicted molar refractivity (Wildman–Crippen MR) is 50.9 cm³/mol. The van der Waals surface area contributed by atoms with Gasteiger partial charge in [-0.15, -0.1) is 0 Å². The van der Waals surface area contributed by atoms with Gasteiger partial charge in [0, 0.05) is 6.54 Å². The minimum absolute atomic E-state index is 0.000213. The topological polar surface area (TPSA) is 75.6 Å². The first-order chi connectivity index (χ1) is 6.49. The maximum absolute atomic E-state index is 11.2. The average Bonchev–Trinajstić information content (AvgIpc) is 2.10. The second-order valence-electron chi connectivity index (χ2n) is 3.34. The summed E-state index contributed by atoms with van der Waals surface area (Å²) in [6.07, 6.45) is 0.000213. The molecule has 0 amide bonds. The van der Waals surface area contributed by atoms with E-state index < -0.39 is 12.0 Å². The summed E-state index contributed by atoms with van der Waals surface area (Å²) in [5, 5.41) is 11.3. The van der Waals surface area contributed by atoms with Crippen molar-refractivity contribution in [1.82, 2.24) is 5.32 Å². The van der Waals surface area contributed by atoms with Crippen LogP contribution in [0.4, 0.5) is 0 Å². The van der Waals surface area contributed by atoms with Crippen LogP contribution in [-0.4, -0.2) is 36.7 Å². The first-order valence-electron chi connectivity index (χ1n) is 4.52. The van der Waals surface area contributed by atoms with Crippen LogP contribution in [0.15, 0.2) is 0 Å². The number of carboxylic acid groups (broad SMARTS) is 1. The fourth-order valence-electron chi connectivity index (χ4n) is 1.05. The summed E-state index contributed by atoms with van der Waals surface area (Å²) in [7, 11) is 1.32. The largest absolute Gasteiger partial charge is 0.481 e. The smallest absolute Gasteiger partial charge is 0.323 e. The molecule has 0 fully saturated rings. The highest BCUT2D eigenvalue weighted by molar-refractivity contribution is 5.76. The molecule has 5 nitrogen and oxygen atoms in total. The molecule has 1 atom stereocenters. The minimum Gasteiger partial charge on any atom is -0.481 e. The number of hydrogen-bond acceptors (Lipinski definition) is 4. The Hall–Kier alpha value is -1.10. The van der Waals surface area contributed by atoms with E-state index in [1.54, 1.807) is 0 Å². The van der Waals surface area contributed by atoms with Crippen molar-refractivity contribution < 1.29 is 19.4 Å². The molecule has 0 rings (SSSR count). The van der Waals surface area contributed by atoms with Crippen LogP contribution in [0.1, 0.15) is 20.3 Å². The van der Waals surface area contributed by atoms with Crippen molar-refractivity contribution in [2.24, 2.45) is 5.92 Å². The fourth-order valence-corrected chi connectivity index (χ4v) is 1.05. The van der Waals surface area contributed by atoms with Gasteiger partial charge < -0.3 is 15.2 Å². The van der Waals surface area contributed by atoms with Gasteiger partial charge in [-0.2, -0.15) is 0 Å². The Balaban J connectivity index is 3.98. The van der Waals surface area contributed by atoms with E-state index in [4.69, 9.17) is 5.11 Å². The molecule has 0 heterocycles. The van der Waals surface area contributed by atoms with Gasteiger partial charge in [-0.05, 0) is 5.92 Å². The number of aliphatic carboxylic acids is 1. The molecule has 2 N–H and O–H groups in total. The van der Waals surface area contributed by atoms with Gasteiger partial charge in [0.25, 0.3) is 0 Å². The zero-order valence-corrected chi connectivity index (χ0v) is 8.74. The lowest BCUT2D eigenvalue weighted by atomic mass is 10.0. The summed E-state index contributed by atoms with van der Waals surface area (Å²) in [6, 6.07) is -0.431. The van der Waals surface area contributed by atoms with Gasteiger partial charge in [0.05, 0.1) is 13.5 Å². The van der Waals surface area contributed by atoms with Crippen LogP contribution >= 0.6 is 0 Å². The summed E-state index contributed by atoms with van der Waals surface area (Å²) < 4.78 is 4.58. The van der Waals surface area contributed by atoms with E-state index in [0.29, 0.717) is 0 Å². The predicted octanol–water partition coefficient (Wildman–Crippen LogP) is 0.248. The molecule has 0 saturated heterocycles. The van der Waals surface area contributed by atoms with Crippen molar-refractivity contribution >= 4 is 11.9 Å². The lowest BCUT2D eigenvalue weighted by molar-refractivity contribution is -0.145. The third kappa shape index (κ3) is 4.81. The van der Waals surface area contributed by atoms with Crippen LogP contribution in [-0.2, 0) is 14.3 Å². The summed E-state index contributed by atoms with van der Waals surface area (Å²) in [4.78, 5) is 21.4. The molecule has 0 aliphatic rings. The molecule has 82 valence electrons. The highest BCUT2D eigenvalue weighted by Crippen LogP contribution is 2.03. The fraction of sp³-hybridized carbons (Fsp3) is 0.778. The minimum atomic E-state index is -0.884. The summed E-state index contributed by atoms with van der Waals surface area (Å²) >= 11 is 0. The van der Waals surface area contributed by atoms with Gasteiger partial charge in [-0.1, -0.05) is 13.8 Å². The Kier molecular flexibility index (Phi) is 5.87. The van der Waals surface area contributed by atoms with Crippen LogP contribution in [0.5, 0.6) is 0 Å². The highest BCUT2D eigenvalue weighted by Gasteiger charge is 2.21. The number of ether oxygens (including phenoxy) is 1. The Morgan fingerprint density at radius 3 is 2.36 bits per heavy atom. The Labute approximate surface area is 83.4 Å². The molecule has 0 spiro atoms. The normalized spacial score (nSPS) is 12.6. The average molecular weight is 203 g/mol. The van der Waals surface area contributed by atoms with Gasteiger partial charge in [0.15, 0.2) is 0 Å². The zero-order chi connectivity index (χ0) is 11.1. The zero-order valence-electron chi connectivity index (χ0n) is 8.74. The molecule has 0 aromatic rings. The number of carbonyl (C=O) groups is 2. The van der Waals surface area contributed by atoms with Gasteiger partial charge in [-0.25, -0.2) is 0 Å². The second kappa shape index (κ2) is 6.37. The molecule has 0 saturated carbocycles. The van der Waals surface area contributed by atoms with E-state index in [9.17, 15) is 9.59 Å². The summed E-state index contributed by atoms with van der Waals surface area (Å²) in [5.74, 6) is -1.16. The third-order valence-corrected chi connectivity index (χ3v) is 1.82. The van der Waals surface area contributed by atoms with E-state index in [0.717, 1.165) is 0 Å². The van der Waals surface area contributed by atoms with Gasteiger partial charge >= 0.3 is 11.9 Å². The van der Waals surface area contributed by atoms with E-state index in [1.165, 1.54) is 7.11 Å². The standard InChI is InChI=1S/C9H17NO4/c1-6(2)8(9(13)14-3)10-5-4-7(11)12/h6,8,10H,4-5H2,1-3H3,(H,11,12). The molecule has 0 radical (unpaired) electrons. The SMILES string of the molecule is COC(=O)C(NCCC(=O)O)C(C)C. The number of carbonyl (C=O) groups excluding carboxylic acids is 1. The molecule has 0 bridgehead atoms. The molecule has 5 heteroatoms. The molecule has 0 aromatic carbocycles. The molecule has 0 aliphatic heterocycles. The van der Waals surface area contributed by atoms with Gasteiger partial charge in [-0.3, -0.25) is 9.59 Å². The van der Waals surface area contributed by atoms with Gasteiger partial charge in [0.2, 0.25) is 0 Å². The van der Waals surface area contributed by atoms with Crippen molar-refractivity contribution in [3.63, 3.8) is 0 Å². The first kappa shape index (κ1) is 12.9. The van der Waals surface area contributed by atoms with Crippen LogP contribution in [0.25, 0.3) is 0 Å². The number of hydrogen-bond donors (Lipinski definition) is 2. The maximum Gasteiger partial charge on any atom is 0.323 e. The molecule has 0 aliphatic carbocycles. The third-order valence-electron chi connectivity index (χ3n) is 1.82. The first-order valence-corrected chi connectivity index (χ1v) is 4.52. The quantitative estimate of drug-likeness (QED) is 0.605. The number of esters is 1. The summed E-state index contributed by atoms with van der Waals surface area (Å²) in [6.45, 7) is 4.01. The number of rotatable bonds is 6. The number of carboxylic acids is 1. The van der Waals surface area contributed by atoms with E-state index in [2.05, 4.69) is 10.1 Å². The number of nitrogens with one attached hydrogen (secondary N) is 1. The van der Waals surface area contributed by atoms with Crippen LogP contribution in [0, 0.1) is 5.92 Å². The molecular formula is C9H17NO4. The van der Waals surface area contributed by atoms with E-state index in [-0.39, 0.29) is 24.9 Å². The van der Waals surface area contributed by atoms with Crippen molar-refractivity contribution in [2.75, 3.05) is 13.7 Å². The van der Waals surface area contributed by atoms with Crippen molar-refractivity contribution in [2.45, 2.75) is 26.3 Å². The second-order valence-corrected chi connectivity index (χ2v) is 3.34.